The lowest BCUT2D eigenvalue weighted by Gasteiger charge is -2.46. The second-order valence-electron chi connectivity index (χ2n) is 8.51. The molecule has 0 aromatic rings. The van der Waals surface area contributed by atoms with Gasteiger partial charge in [0.15, 0.2) is 0 Å². The highest BCUT2D eigenvalue weighted by Gasteiger charge is 2.40. The minimum absolute atomic E-state index is 0.00263. The van der Waals surface area contributed by atoms with Gasteiger partial charge in [0.25, 0.3) is 0 Å². The molecule has 23 heavy (non-hydrogen) atoms. The van der Waals surface area contributed by atoms with E-state index < -0.39 is 5.60 Å². The number of nitrogens with one attached hydrogen (secondary N) is 1. The Bertz CT molecular complexity index is 417. The van der Waals surface area contributed by atoms with E-state index in [0.29, 0.717) is 12.8 Å². The van der Waals surface area contributed by atoms with Gasteiger partial charge in [-0.05, 0) is 47.1 Å². The summed E-state index contributed by atoms with van der Waals surface area (Å²) in [5.74, 6) is 0. The van der Waals surface area contributed by atoms with Gasteiger partial charge in [0, 0.05) is 24.0 Å². The molecule has 1 aliphatic heterocycles. The molecular formula is C17H32N2O4. The Morgan fingerprint density at radius 2 is 2.04 bits per heavy atom. The molecule has 3 unspecified atom stereocenters. The monoisotopic (exact) mass is 328 g/mol. The van der Waals surface area contributed by atoms with Crippen LogP contribution in [0, 0.1) is 5.41 Å². The topological polar surface area (TPSA) is 71.0 Å². The van der Waals surface area contributed by atoms with Gasteiger partial charge in [-0.3, -0.25) is 0 Å². The lowest BCUT2D eigenvalue weighted by atomic mass is 9.84. The minimum Gasteiger partial charge on any atom is -0.444 e. The lowest BCUT2D eigenvalue weighted by molar-refractivity contribution is -0.120. The molecule has 1 aliphatic carbocycles. The van der Waals surface area contributed by atoms with E-state index in [1.165, 1.54) is 0 Å². The quantitative estimate of drug-likeness (QED) is 0.823. The van der Waals surface area contributed by atoms with Crippen molar-refractivity contribution in [3.05, 3.63) is 0 Å². The number of hydrogen-bond donors (Lipinski definition) is 2. The number of likely N-dealkylation sites (N-methyl/N-ethyl adjacent to an activating group) is 1. The first kappa shape index (κ1) is 18.5. The van der Waals surface area contributed by atoms with Crippen LogP contribution >= 0.6 is 0 Å². The van der Waals surface area contributed by atoms with Crippen LogP contribution in [0.4, 0.5) is 4.79 Å². The minimum atomic E-state index is -0.504. The van der Waals surface area contributed by atoms with Gasteiger partial charge < -0.3 is 24.8 Å². The molecular weight excluding hydrogens is 296 g/mol. The van der Waals surface area contributed by atoms with Gasteiger partial charge >= 0.3 is 6.09 Å². The maximum atomic E-state index is 12.1. The largest absolute Gasteiger partial charge is 0.444 e. The third-order valence-corrected chi connectivity index (χ3v) is 4.59. The summed E-state index contributed by atoms with van der Waals surface area (Å²) in [5, 5.41) is 13.0. The zero-order chi connectivity index (χ0) is 17.3. The van der Waals surface area contributed by atoms with Gasteiger partial charge in [0.05, 0.1) is 19.3 Å². The molecule has 2 fully saturated rings. The van der Waals surface area contributed by atoms with E-state index in [-0.39, 0.29) is 29.7 Å². The van der Waals surface area contributed by atoms with Crippen molar-refractivity contribution in [1.82, 2.24) is 10.2 Å². The van der Waals surface area contributed by atoms with Crippen LogP contribution < -0.4 is 5.32 Å². The summed E-state index contributed by atoms with van der Waals surface area (Å²) in [7, 11) is 2.07. The number of carbonyl (C=O) groups is 1. The van der Waals surface area contributed by atoms with E-state index >= 15 is 0 Å². The smallest absolute Gasteiger partial charge is 0.407 e. The molecule has 0 aromatic heterocycles. The lowest BCUT2D eigenvalue weighted by Crippen LogP contribution is -2.58. The van der Waals surface area contributed by atoms with Gasteiger partial charge in [0.2, 0.25) is 0 Å². The van der Waals surface area contributed by atoms with Gasteiger partial charge in [-0.15, -0.1) is 0 Å². The summed E-state index contributed by atoms with van der Waals surface area (Å²) < 4.78 is 10.7. The fourth-order valence-corrected chi connectivity index (χ4v) is 3.50. The molecule has 0 radical (unpaired) electrons. The molecule has 1 amide bonds. The summed E-state index contributed by atoms with van der Waals surface area (Å²) in [6.07, 6.45) is 1.47. The SMILES string of the molecule is CN(CC1(C)COC1)C1CC(O)CCC1NC(=O)OC(C)(C)C. The summed E-state index contributed by atoms with van der Waals surface area (Å²) >= 11 is 0. The predicted molar refractivity (Wildman–Crippen MR) is 88.4 cm³/mol. The van der Waals surface area contributed by atoms with Crippen molar-refractivity contribution in [2.75, 3.05) is 26.8 Å². The number of amides is 1. The van der Waals surface area contributed by atoms with Gasteiger partial charge in [-0.1, -0.05) is 6.92 Å². The number of rotatable bonds is 4. The fourth-order valence-electron chi connectivity index (χ4n) is 3.50. The molecule has 3 atom stereocenters. The number of hydrogen-bond acceptors (Lipinski definition) is 5. The highest BCUT2D eigenvalue weighted by atomic mass is 16.6. The summed E-state index contributed by atoms with van der Waals surface area (Å²) in [4.78, 5) is 14.4. The van der Waals surface area contributed by atoms with E-state index in [0.717, 1.165) is 26.2 Å². The van der Waals surface area contributed by atoms with Gasteiger partial charge in [-0.2, -0.15) is 0 Å². The van der Waals surface area contributed by atoms with Gasteiger partial charge in [-0.25, -0.2) is 4.79 Å². The molecule has 6 nitrogen and oxygen atoms in total. The van der Waals surface area contributed by atoms with Crippen molar-refractivity contribution in [3.63, 3.8) is 0 Å². The first-order chi connectivity index (χ1) is 10.6. The molecule has 0 aromatic carbocycles. The van der Waals surface area contributed by atoms with Crippen LogP contribution in [0.3, 0.4) is 0 Å². The number of ether oxygens (including phenoxy) is 2. The number of carbonyl (C=O) groups excluding carboxylic acids is 1. The number of nitrogens with zero attached hydrogens (tertiary/aromatic N) is 1. The Morgan fingerprint density at radius 1 is 1.39 bits per heavy atom. The highest BCUT2D eigenvalue weighted by Crippen LogP contribution is 2.31. The van der Waals surface area contributed by atoms with Crippen LogP contribution in [-0.4, -0.2) is 66.7 Å². The maximum absolute atomic E-state index is 12.1. The molecule has 0 bridgehead atoms. The Kier molecular flexibility index (Phi) is 5.59. The van der Waals surface area contributed by atoms with E-state index in [4.69, 9.17) is 9.47 Å². The van der Waals surface area contributed by atoms with Crippen LogP contribution in [0.5, 0.6) is 0 Å². The van der Waals surface area contributed by atoms with Crippen molar-refractivity contribution in [1.29, 1.82) is 0 Å². The second kappa shape index (κ2) is 6.95. The molecule has 2 N–H and O–H groups in total. The molecule has 1 saturated carbocycles. The summed E-state index contributed by atoms with van der Waals surface area (Å²) in [5.41, 5.74) is -0.329. The number of aliphatic hydroxyl groups is 1. The van der Waals surface area contributed by atoms with Crippen molar-refractivity contribution in [3.8, 4) is 0 Å². The van der Waals surface area contributed by atoms with Crippen LogP contribution in [0.2, 0.25) is 0 Å². The average molecular weight is 328 g/mol. The number of aliphatic hydroxyl groups excluding tert-OH is 1. The van der Waals surface area contributed by atoms with E-state index in [2.05, 4.69) is 24.2 Å². The third kappa shape index (κ3) is 5.33. The van der Waals surface area contributed by atoms with Crippen molar-refractivity contribution < 1.29 is 19.4 Å². The van der Waals surface area contributed by atoms with Crippen molar-refractivity contribution in [2.24, 2.45) is 5.41 Å². The molecule has 1 heterocycles. The van der Waals surface area contributed by atoms with Crippen molar-refractivity contribution >= 4 is 6.09 Å². The fraction of sp³-hybridized carbons (Fsp3) is 0.941. The third-order valence-electron chi connectivity index (χ3n) is 4.59. The highest BCUT2D eigenvalue weighted by molar-refractivity contribution is 5.68. The number of alkyl carbamates (subject to hydrolysis) is 1. The molecule has 6 heteroatoms. The van der Waals surface area contributed by atoms with Crippen LogP contribution in [-0.2, 0) is 9.47 Å². The predicted octanol–water partition coefficient (Wildman–Crippen LogP) is 1.76. The molecule has 134 valence electrons. The van der Waals surface area contributed by atoms with Gasteiger partial charge in [0.1, 0.15) is 5.60 Å². The van der Waals surface area contributed by atoms with Crippen LogP contribution in [0.1, 0.15) is 47.0 Å². The van der Waals surface area contributed by atoms with E-state index in [1.54, 1.807) is 0 Å². The standard InChI is InChI=1S/C17H32N2O4/c1-16(2,3)23-15(21)18-13-7-6-12(20)8-14(13)19(5)9-17(4)10-22-11-17/h12-14,20H,6-11H2,1-5H3,(H,18,21). The van der Waals surface area contributed by atoms with Crippen molar-refractivity contribution in [2.45, 2.75) is 70.7 Å². The Balaban J connectivity index is 1.96. The summed E-state index contributed by atoms with van der Waals surface area (Å²) in [6.45, 7) is 10.2. The molecule has 2 aliphatic rings. The molecule has 1 saturated heterocycles. The summed E-state index contributed by atoms with van der Waals surface area (Å²) in [6, 6.07) is 0.117. The maximum Gasteiger partial charge on any atom is 0.407 e. The zero-order valence-corrected chi connectivity index (χ0v) is 15.1. The molecule has 2 rings (SSSR count). The zero-order valence-electron chi connectivity index (χ0n) is 15.1. The van der Waals surface area contributed by atoms with Crippen LogP contribution in [0.25, 0.3) is 0 Å². The first-order valence-electron chi connectivity index (χ1n) is 8.54. The molecule has 0 spiro atoms. The second-order valence-corrected chi connectivity index (χ2v) is 8.51. The van der Waals surface area contributed by atoms with Crippen LogP contribution in [0.15, 0.2) is 0 Å². The average Bonchev–Trinajstić information content (AvgIpc) is 2.36. The Morgan fingerprint density at radius 3 is 2.57 bits per heavy atom. The first-order valence-corrected chi connectivity index (χ1v) is 8.54. The normalized spacial score (nSPS) is 30.7. The Hall–Kier alpha value is -0.850. The Labute approximate surface area is 139 Å². The van der Waals surface area contributed by atoms with E-state index in [9.17, 15) is 9.90 Å². The van der Waals surface area contributed by atoms with E-state index in [1.807, 2.05) is 20.8 Å².